The van der Waals surface area contributed by atoms with Crippen LogP contribution in [0.4, 0.5) is 11.4 Å². The van der Waals surface area contributed by atoms with Gasteiger partial charge in [-0.2, -0.15) is 0 Å². The van der Waals surface area contributed by atoms with Gasteiger partial charge in [-0.05, 0) is 55.0 Å². The third-order valence-corrected chi connectivity index (χ3v) is 6.48. The number of thioether (sulfide) groups is 1. The number of fused-ring (bicyclic) bond motifs is 1. The van der Waals surface area contributed by atoms with Gasteiger partial charge in [0.15, 0.2) is 0 Å². The normalized spacial score (nSPS) is 13.6. The van der Waals surface area contributed by atoms with E-state index in [1.807, 2.05) is 83.5 Å². The van der Waals surface area contributed by atoms with Crippen LogP contribution in [0.25, 0.3) is 5.65 Å². The minimum atomic E-state index is -0.194. The maximum absolute atomic E-state index is 12.8. The minimum absolute atomic E-state index is 0.0960. The van der Waals surface area contributed by atoms with Crippen LogP contribution in [0.5, 0.6) is 0 Å². The maximum Gasteiger partial charge on any atom is 0.255 e. The molecule has 2 amide bonds. The number of carbonyl (C=O) groups excluding carboxylic acids is 2. The van der Waals surface area contributed by atoms with Crippen molar-refractivity contribution >= 4 is 40.6 Å². The van der Waals surface area contributed by atoms with Gasteiger partial charge in [0.1, 0.15) is 5.65 Å². The highest BCUT2D eigenvalue weighted by atomic mass is 32.2. The summed E-state index contributed by atoms with van der Waals surface area (Å²) in [5, 5.41) is 2.96. The predicted octanol–water partition coefficient (Wildman–Crippen LogP) is 5.01. The Morgan fingerprint density at radius 3 is 2.62 bits per heavy atom. The van der Waals surface area contributed by atoms with Crippen LogP contribution in [0.1, 0.15) is 28.9 Å². The number of nitrogens with one attached hydrogen (secondary N) is 1. The number of para-hydroxylation sites is 2. The molecule has 3 heterocycles. The number of aromatic nitrogens is 2. The second-order valence-corrected chi connectivity index (χ2v) is 8.68. The fourth-order valence-corrected chi connectivity index (χ4v) is 4.61. The summed E-state index contributed by atoms with van der Waals surface area (Å²) in [6.45, 7) is 0.684. The van der Waals surface area contributed by atoms with Gasteiger partial charge >= 0.3 is 0 Å². The highest BCUT2D eigenvalue weighted by Crippen LogP contribution is 2.30. The second-order valence-electron chi connectivity index (χ2n) is 7.63. The Bertz CT molecular complexity index is 1250. The van der Waals surface area contributed by atoms with Crippen molar-refractivity contribution < 1.29 is 9.59 Å². The Balaban J connectivity index is 1.24. The summed E-state index contributed by atoms with van der Waals surface area (Å²) in [5.74, 6) is 0.657. The molecule has 5 rings (SSSR count). The van der Waals surface area contributed by atoms with Crippen molar-refractivity contribution in [3.8, 4) is 0 Å². The highest BCUT2D eigenvalue weighted by molar-refractivity contribution is 7.98. The van der Waals surface area contributed by atoms with Gasteiger partial charge in [-0.1, -0.05) is 18.2 Å². The number of nitrogens with zero attached hydrogens (tertiary/aromatic N) is 3. The van der Waals surface area contributed by atoms with Crippen LogP contribution >= 0.6 is 11.8 Å². The number of anilines is 2. The van der Waals surface area contributed by atoms with E-state index >= 15 is 0 Å². The molecule has 160 valence electrons. The number of rotatable bonds is 6. The Morgan fingerprint density at radius 1 is 1.03 bits per heavy atom. The monoisotopic (exact) mass is 442 g/mol. The topological polar surface area (TPSA) is 66.7 Å². The zero-order valence-electron chi connectivity index (χ0n) is 17.4. The van der Waals surface area contributed by atoms with Crippen LogP contribution in [0.3, 0.4) is 0 Å². The largest absolute Gasteiger partial charge is 0.320 e. The Morgan fingerprint density at radius 2 is 1.84 bits per heavy atom. The quantitative estimate of drug-likeness (QED) is 0.427. The molecule has 1 aliphatic heterocycles. The van der Waals surface area contributed by atoms with E-state index in [2.05, 4.69) is 10.3 Å². The maximum atomic E-state index is 12.8. The molecule has 1 fully saturated rings. The van der Waals surface area contributed by atoms with Crippen LogP contribution in [-0.4, -0.2) is 27.7 Å². The van der Waals surface area contributed by atoms with Crippen molar-refractivity contribution in [2.75, 3.05) is 16.8 Å². The van der Waals surface area contributed by atoms with Crippen LogP contribution in [-0.2, 0) is 10.5 Å². The van der Waals surface area contributed by atoms with Crippen LogP contribution in [0, 0.1) is 0 Å². The minimum Gasteiger partial charge on any atom is -0.320 e. The van der Waals surface area contributed by atoms with Gasteiger partial charge in [-0.15, -0.1) is 11.8 Å². The van der Waals surface area contributed by atoms with E-state index in [9.17, 15) is 9.59 Å². The number of hydrogen-bond acceptors (Lipinski definition) is 4. The number of imidazole rings is 1. The Kier molecular flexibility index (Phi) is 5.64. The highest BCUT2D eigenvalue weighted by Gasteiger charge is 2.24. The first kappa shape index (κ1) is 20.3. The summed E-state index contributed by atoms with van der Waals surface area (Å²) >= 11 is 1.68. The standard InChI is InChI=1S/C25H22N4O2S/c30-24-9-5-15-29(24)22-7-2-1-6-21(22)27-25(31)18-10-12-20(13-11-18)32-17-19-16-28-14-4-3-8-23(28)26-19/h1-4,6-8,10-14,16H,5,9,15,17H2,(H,27,31). The number of hydrogen-bond donors (Lipinski definition) is 1. The first-order valence-corrected chi connectivity index (χ1v) is 11.5. The van der Waals surface area contributed by atoms with Crippen molar-refractivity contribution in [2.24, 2.45) is 0 Å². The first-order chi connectivity index (χ1) is 15.7. The molecule has 0 radical (unpaired) electrons. The summed E-state index contributed by atoms with van der Waals surface area (Å²) in [6.07, 6.45) is 5.42. The molecule has 4 aromatic rings. The first-order valence-electron chi connectivity index (χ1n) is 10.5. The molecule has 6 nitrogen and oxygen atoms in total. The molecule has 2 aromatic carbocycles. The fraction of sp³-hybridized carbons (Fsp3) is 0.160. The van der Waals surface area contributed by atoms with Crippen molar-refractivity contribution in [2.45, 2.75) is 23.5 Å². The van der Waals surface area contributed by atoms with E-state index in [-0.39, 0.29) is 11.8 Å². The Hall–Kier alpha value is -3.58. The number of carbonyl (C=O) groups is 2. The van der Waals surface area contributed by atoms with Crippen molar-refractivity contribution in [1.82, 2.24) is 9.38 Å². The summed E-state index contributed by atoms with van der Waals surface area (Å²) in [4.78, 5) is 32.4. The molecule has 0 saturated carbocycles. The fourth-order valence-electron chi connectivity index (χ4n) is 3.83. The molecule has 0 unspecified atom stereocenters. The zero-order valence-corrected chi connectivity index (χ0v) is 18.2. The van der Waals surface area contributed by atoms with Gasteiger partial charge < -0.3 is 14.6 Å². The van der Waals surface area contributed by atoms with E-state index in [4.69, 9.17) is 0 Å². The van der Waals surface area contributed by atoms with Gasteiger partial charge in [0, 0.05) is 41.6 Å². The molecule has 1 saturated heterocycles. The molecular weight excluding hydrogens is 420 g/mol. The molecule has 2 aromatic heterocycles. The Labute approximate surface area is 190 Å². The van der Waals surface area contributed by atoms with Crippen molar-refractivity contribution in [3.05, 3.63) is 90.4 Å². The summed E-state index contributed by atoms with van der Waals surface area (Å²) in [7, 11) is 0. The lowest BCUT2D eigenvalue weighted by molar-refractivity contribution is -0.117. The molecule has 7 heteroatoms. The molecular formula is C25H22N4O2S. The number of benzene rings is 2. The van der Waals surface area contributed by atoms with Crippen LogP contribution < -0.4 is 10.2 Å². The third-order valence-electron chi connectivity index (χ3n) is 5.43. The van der Waals surface area contributed by atoms with E-state index < -0.39 is 0 Å². The van der Waals surface area contributed by atoms with Crippen molar-refractivity contribution in [1.29, 1.82) is 0 Å². The average molecular weight is 443 g/mol. The van der Waals surface area contributed by atoms with Crippen molar-refractivity contribution in [3.63, 3.8) is 0 Å². The lowest BCUT2D eigenvalue weighted by Crippen LogP contribution is -2.25. The second kappa shape index (κ2) is 8.88. The summed E-state index contributed by atoms with van der Waals surface area (Å²) < 4.78 is 2.01. The molecule has 0 bridgehead atoms. The van der Waals surface area contributed by atoms with Gasteiger partial charge in [0.25, 0.3) is 5.91 Å². The zero-order chi connectivity index (χ0) is 21.9. The van der Waals surface area contributed by atoms with Gasteiger partial charge in [0.2, 0.25) is 5.91 Å². The number of pyridine rings is 1. The third kappa shape index (κ3) is 4.24. The lowest BCUT2D eigenvalue weighted by atomic mass is 10.2. The van der Waals surface area contributed by atoms with E-state index in [0.717, 1.165) is 34.1 Å². The van der Waals surface area contributed by atoms with Gasteiger partial charge in [-0.25, -0.2) is 4.98 Å². The summed E-state index contributed by atoms with van der Waals surface area (Å²) in [5.41, 5.74) is 3.92. The smallest absolute Gasteiger partial charge is 0.255 e. The molecule has 32 heavy (non-hydrogen) atoms. The van der Waals surface area contributed by atoms with E-state index in [1.54, 1.807) is 16.7 Å². The van der Waals surface area contributed by atoms with Gasteiger partial charge in [-0.3, -0.25) is 9.59 Å². The lowest BCUT2D eigenvalue weighted by Gasteiger charge is -2.20. The predicted molar refractivity (Wildman–Crippen MR) is 127 cm³/mol. The van der Waals surface area contributed by atoms with E-state index in [0.29, 0.717) is 24.2 Å². The SMILES string of the molecule is O=C(Nc1ccccc1N1CCCC1=O)c1ccc(SCc2cn3ccccc3n2)cc1. The molecule has 1 N–H and O–H groups in total. The van der Waals surface area contributed by atoms with Crippen LogP contribution in [0.2, 0.25) is 0 Å². The molecule has 0 aliphatic carbocycles. The molecule has 1 aliphatic rings. The average Bonchev–Trinajstić information content (AvgIpc) is 3.44. The van der Waals surface area contributed by atoms with E-state index in [1.165, 1.54) is 0 Å². The van der Waals surface area contributed by atoms with Gasteiger partial charge in [0.05, 0.1) is 17.1 Å². The molecule has 0 spiro atoms. The molecule has 0 atom stereocenters. The van der Waals surface area contributed by atoms with Crippen LogP contribution in [0.15, 0.2) is 84.0 Å². The number of amides is 2. The summed E-state index contributed by atoms with van der Waals surface area (Å²) in [6, 6.07) is 20.9.